The summed E-state index contributed by atoms with van der Waals surface area (Å²) in [5.41, 5.74) is 1.39. The van der Waals surface area contributed by atoms with Gasteiger partial charge in [0.05, 0.1) is 0 Å². The minimum absolute atomic E-state index is 1.18. The second-order valence-electron chi connectivity index (χ2n) is 4.91. The Balaban J connectivity index is 2.69. The van der Waals surface area contributed by atoms with Crippen LogP contribution < -0.4 is 3.71 Å². The van der Waals surface area contributed by atoms with Gasteiger partial charge in [-0.05, 0) is 0 Å². The predicted octanol–water partition coefficient (Wildman–Crippen LogP) is 2.97. The number of nitrogens with zero attached hydrogens (tertiary/aromatic N) is 1. The van der Waals surface area contributed by atoms with E-state index in [1.807, 2.05) is 0 Å². The average Bonchev–Trinajstić information content (AvgIpc) is 2.14. The van der Waals surface area contributed by atoms with Crippen molar-refractivity contribution in [3.05, 3.63) is 23.9 Å². The summed E-state index contributed by atoms with van der Waals surface area (Å²) in [6.07, 6.45) is 5.80. The molecule has 1 aromatic rings. The summed E-state index contributed by atoms with van der Waals surface area (Å²) >= 11 is -1.90. The van der Waals surface area contributed by atoms with Crippen molar-refractivity contribution in [1.29, 1.82) is 0 Å². The Labute approximate surface area is 91.8 Å². The molecule has 0 aliphatic rings. The molecule has 0 aliphatic heterocycles. The van der Waals surface area contributed by atoms with Gasteiger partial charge >= 0.3 is 92.0 Å². The summed E-state index contributed by atoms with van der Waals surface area (Å²) < 4.78 is 1.39. The Morgan fingerprint density at radius 1 is 1.21 bits per heavy atom. The number of aromatic nitrogens is 1. The fourth-order valence-corrected chi connectivity index (χ4v) is 4.35. The van der Waals surface area contributed by atoms with Crippen LogP contribution in [-0.2, 0) is 6.42 Å². The van der Waals surface area contributed by atoms with Gasteiger partial charge in [-0.3, -0.25) is 0 Å². The van der Waals surface area contributed by atoms with Crippen molar-refractivity contribution in [3.63, 3.8) is 0 Å². The quantitative estimate of drug-likeness (QED) is 0.779. The van der Waals surface area contributed by atoms with E-state index in [9.17, 15) is 0 Å². The first-order valence-electron chi connectivity index (χ1n) is 5.49. The molecule has 0 atom stereocenters. The van der Waals surface area contributed by atoms with Gasteiger partial charge < -0.3 is 0 Å². The van der Waals surface area contributed by atoms with E-state index in [-0.39, 0.29) is 0 Å². The van der Waals surface area contributed by atoms with Crippen LogP contribution in [0.4, 0.5) is 0 Å². The zero-order valence-electron chi connectivity index (χ0n) is 9.80. The second kappa shape index (κ2) is 5.15. The van der Waals surface area contributed by atoms with Crippen molar-refractivity contribution in [2.75, 3.05) is 0 Å². The molecule has 1 nitrogen and oxygen atoms in total. The summed E-state index contributed by atoms with van der Waals surface area (Å²) in [7, 11) is 0. The topological polar surface area (TPSA) is 12.9 Å². The molecule has 0 fully saturated rings. The van der Waals surface area contributed by atoms with Crippen LogP contribution in [0.2, 0.25) is 14.8 Å². The van der Waals surface area contributed by atoms with E-state index >= 15 is 0 Å². The molecule has 1 heterocycles. The van der Waals surface area contributed by atoms with E-state index in [1.165, 1.54) is 28.5 Å². The molecule has 78 valence electrons. The molecule has 0 aromatic carbocycles. The van der Waals surface area contributed by atoms with Gasteiger partial charge in [-0.25, -0.2) is 0 Å². The molecule has 1 rings (SSSR count). The standard InChI is InChI=1S/C9H12N.3CH3.Sn/c1-2-3-5-9-6-4-7-10-8-9;;;;/h4,6,8H,2-3,5H2,1H3;3*1H3;. The monoisotopic (exact) mass is 299 g/mol. The molecule has 0 spiro atoms. The zero-order valence-corrected chi connectivity index (χ0v) is 12.7. The second-order valence-corrected chi connectivity index (χ2v) is 19.2. The van der Waals surface area contributed by atoms with E-state index in [0.717, 1.165) is 0 Å². The van der Waals surface area contributed by atoms with Gasteiger partial charge in [-0.15, -0.1) is 0 Å². The first-order chi connectivity index (χ1) is 6.54. The third-order valence-corrected chi connectivity index (χ3v) is 7.64. The third-order valence-electron chi connectivity index (χ3n) is 2.41. The molecule has 1 aromatic heterocycles. The number of hydrogen-bond acceptors (Lipinski definition) is 1. The normalized spacial score (nSPS) is 11.7. The Morgan fingerprint density at radius 2 is 1.93 bits per heavy atom. The van der Waals surface area contributed by atoms with E-state index in [4.69, 9.17) is 0 Å². The van der Waals surface area contributed by atoms with E-state index in [2.05, 4.69) is 45.1 Å². The molecule has 0 N–H and O–H groups in total. The molecule has 0 saturated carbocycles. The third kappa shape index (κ3) is 3.60. The summed E-state index contributed by atoms with van der Waals surface area (Å²) in [5, 5.41) is 0. The van der Waals surface area contributed by atoms with Crippen LogP contribution in [-0.4, -0.2) is 23.4 Å². The molecule has 0 unspecified atom stereocenters. The van der Waals surface area contributed by atoms with Crippen molar-refractivity contribution < 1.29 is 0 Å². The van der Waals surface area contributed by atoms with E-state index < -0.39 is 18.4 Å². The van der Waals surface area contributed by atoms with Gasteiger partial charge in [0.1, 0.15) is 0 Å². The van der Waals surface area contributed by atoms with Crippen molar-refractivity contribution in [3.8, 4) is 0 Å². The first-order valence-corrected chi connectivity index (χ1v) is 15.5. The van der Waals surface area contributed by atoms with E-state index in [1.54, 1.807) is 0 Å². The van der Waals surface area contributed by atoms with Crippen molar-refractivity contribution in [2.24, 2.45) is 0 Å². The molecule has 14 heavy (non-hydrogen) atoms. The number of hydrogen-bond donors (Lipinski definition) is 0. The number of rotatable bonds is 4. The number of pyridine rings is 1. The Morgan fingerprint density at radius 3 is 2.36 bits per heavy atom. The summed E-state index contributed by atoms with van der Waals surface area (Å²) in [4.78, 5) is 11.8. The van der Waals surface area contributed by atoms with Crippen molar-refractivity contribution in [1.82, 2.24) is 4.98 Å². The van der Waals surface area contributed by atoms with Gasteiger partial charge in [0.2, 0.25) is 0 Å². The molecule has 0 aliphatic carbocycles. The van der Waals surface area contributed by atoms with Crippen LogP contribution in [0, 0.1) is 0 Å². The van der Waals surface area contributed by atoms with Crippen LogP contribution in [0.25, 0.3) is 0 Å². The summed E-state index contributed by atoms with van der Waals surface area (Å²) in [6, 6.07) is 4.52. The van der Waals surface area contributed by atoms with Gasteiger partial charge in [0.15, 0.2) is 0 Å². The Kier molecular flexibility index (Phi) is 4.42. The summed E-state index contributed by atoms with van der Waals surface area (Å²) in [6.45, 7) is 2.23. The van der Waals surface area contributed by atoms with Crippen LogP contribution in [0.1, 0.15) is 25.3 Å². The van der Waals surface area contributed by atoms with Crippen LogP contribution in [0.15, 0.2) is 18.3 Å². The van der Waals surface area contributed by atoms with Gasteiger partial charge in [-0.1, -0.05) is 0 Å². The van der Waals surface area contributed by atoms with E-state index in [0.29, 0.717) is 0 Å². The van der Waals surface area contributed by atoms with Gasteiger partial charge in [-0.2, -0.15) is 0 Å². The Bertz CT molecular complexity index is 271. The fraction of sp³-hybridized carbons (Fsp3) is 0.583. The average molecular weight is 298 g/mol. The number of unbranched alkanes of at least 4 members (excludes halogenated alkanes) is 1. The predicted molar refractivity (Wildman–Crippen MR) is 65.8 cm³/mol. The van der Waals surface area contributed by atoms with Crippen LogP contribution in [0.5, 0.6) is 0 Å². The fourth-order valence-electron chi connectivity index (χ4n) is 1.40. The van der Waals surface area contributed by atoms with Gasteiger partial charge in [0.25, 0.3) is 0 Å². The molecular formula is C12H21NSn. The van der Waals surface area contributed by atoms with Crippen molar-refractivity contribution >= 4 is 22.1 Å². The van der Waals surface area contributed by atoms with Crippen LogP contribution >= 0.6 is 0 Å². The molecule has 0 saturated heterocycles. The van der Waals surface area contributed by atoms with Crippen molar-refractivity contribution in [2.45, 2.75) is 41.0 Å². The maximum absolute atomic E-state index is 4.60. The zero-order chi connectivity index (χ0) is 10.6. The molecular weight excluding hydrogens is 277 g/mol. The minimum atomic E-state index is -1.90. The first kappa shape index (κ1) is 12.0. The molecule has 0 amide bonds. The number of aryl methyl sites for hydroxylation is 1. The SMILES string of the molecule is CCCCc1cc[c]([Sn]([CH3])([CH3])[CH3])nc1. The van der Waals surface area contributed by atoms with Gasteiger partial charge in [0, 0.05) is 0 Å². The molecule has 0 radical (unpaired) electrons. The molecule has 0 bridgehead atoms. The summed E-state index contributed by atoms with van der Waals surface area (Å²) in [5.74, 6) is 0. The molecule has 2 heteroatoms. The Hall–Kier alpha value is -0.0513. The van der Waals surface area contributed by atoms with Crippen LogP contribution in [0.3, 0.4) is 0 Å². The maximum atomic E-state index is 4.60.